The molecule has 0 spiro atoms. The maximum Gasteiger partial charge on any atom is 0.324 e. The molecule has 5 nitrogen and oxygen atoms in total. The van der Waals surface area contributed by atoms with Crippen molar-refractivity contribution in [3.8, 4) is 0 Å². The highest BCUT2D eigenvalue weighted by atomic mass is 19.1. The molecule has 1 aliphatic rings. The maximum atomic E-state index is 13.0. The zero-order valence-electron chi connectivity index (χ0n) is 8.37. The van der Waals surface area contributed by atoms with Crippen LogP contribution in [0.5, 0.6) is 0 Å². The van der Waals surface area contributed by atoms with Crippen LogP contribution in [0.4, 0.5) is 14.9 Å². The number of hydrogen-bond acceptors (Lipinski definition) is 3. The molecule has 84 valence electrons. The monoisotopic (exact) mass is 223 g/mol. The molecule has 0 aromatic heterocycles. The van der Waals surface area contributed by atoms with Crippen molar-refractivity contribution < 1.29 is 14.0 Å². The summed E-state index contributed by atoms with van der Waals surface area (Å²) in [4.78, 5) is 23.5. The number of anilines is 1. The standard InChI is InChI=1S/C10H10FN3O2/c11-7-1-6(2-8(12)3-7)5-14-9(15)4-13-10(14)16/h1-3H,4-5,12H2,(H,13,16). The molecule has 6 heteroatoms. The van der Waals surface area contributed by atoms with E-state index in [0.29, 0.717) is 5.56 Å². The second-order valence-electron chi connectivity index (χ2n) is 3.53. The maximum absolute atomic E-state index is 13.0. The molecule has 0 bridgehead atoms. The van der Waals surface area contributed by atoms with Gasteiger partial charge in [0.15, 0.2) is 0 Å². The molecule has 3 amide bonds. The largest absolute Gasteiger partial charge is 0.399 e. The smallest absolute Gasteiger partial charge is 0.324 e. The Bertz CT molecular complexity index is 425. The highest BCUT2D eigenvalue weighted by Crippen LogP contribution is 2.14. The molecule has 1 fully saturated rings. The van der Waals surface area contributed by atoms with Gasteiger partial charge in [0.1, 0.15) is 5.82 Å². The van der Waals surface area contributed by atoms with Gasteiger partial charge in [-0.25, -0.2) is 9.18 Å². The van der Waals surface area contributed by atoms with Crippen molar-refractivity contribution in [2.24, 2.45) is 0 Å². The molecule has 0 saturated carbocycles. The van der Waals surface area contributed by atoms with Crippen molar-refractivity contribution in [1.29, 1.82) is 0 Å². The van der Waals surface area contributed by atoms with Crippen molar-refractivity contribution >= 4 is 17.6 Å². The lowest BCUT2D eigenvalue weighted by atomic mass is 10.2. The Kier molecular flexibility index (Phi) is 2.47. The summed E-state index contributed by atoms with van der Waals surface area (Å²) >= 11 is 0. The number of hydrogen-bond donors (Lipinski definition) is 2. The van der Waals surface area contributed by atoms with E-state index in [1.165, 1.54) is 18.2 Å². The third-order valence-corrected chi connectivity index (χ3v) is 2.26. The lowest BCUT2D eigenvalue weighted by Crippen LogP contribution is -2.30. The van der Waals surface area contributed by atoms with Crippen LogP contribution in [0, 0.1) is 5.82 Å². The van der Waals surface area contributed by atoms with Crippen LogP contribution in [-0.4, -0.2) is 23.4 Å². The highest BCUT2D eigenvalue weighted by molar-refractivity contribution is 6.01. The van der Waals surface area contributed by atoms with Gasteiger partial charge in [0.05, 0.1) is 13.1 Å². The predicted molar refractivity (Wildman–Crippen MR) is 54.8 cm³/mol. The number of nitrogens with zero attached hydrogens (tertiary/aromatic N) is 1. The van der Waals surface area contributed by atoms with Crippen LogP contribution >= 0.6 is 0 Å². The number of imide groups is 1. The normalized spacial score (nSPS) is 15.4. The quantitative estimate of drug-likeness (QED) is 0.565. The number of nitrogens with two attached hydrogens (primary N) is 1. The first-order valence-electron chi connectivity index (χ1n) is 4.69. The predicted octanol–water partition coefficient (Wildman–Crippen LogP) is 0.460. The van der Waals surface area contributed by atoms with Gasteiger partial charge < -0.3 is 11.1 Å². The van der Waals surface area contributed by atoms with Crippen LogP contribution in [0.2, 0.25) is 0 Å². The summed E-state index contributed by atoms with van der Waals surface area (Å²) in [5.74, 6) is -0.810. The van der Waals surface area contributed by atoms with E-state index in [1.54, 1.807) is 0 Å². The molecule has 0 atom stereocenters. The minimum atomic E-state index is -0.484. The highest BCUT2D eigenvalue weighted by Gasteiger charge is 2.28. The van der Waals surface area contributed by atoms with Gasteiger partial charge in [-0.3, -0.25) is 9.69 Å². The van der Waals surface area contributed by atoms with Crippen LogP contribution in [0.25, 0.3) is 0 Å². The number of benzene rings is 1. The second kappa shape index (κ2) is 3.80. The van der Waals surface area contributed by atoms with Crippen LogP contribution in [-0.2, 0) is 11.3 Å². The number of carbonyl (C=O) groups is 2. The summed E-state index contributed by atoms with van der Waals surface area (Å²) < 4.78 is 13.0. The molecule has 0 aliphatic carbocycles. The molecule has 2 rings (SSSR count). The molecular formula is C10H10FN3O2. The Labute approximate surface area is 91.0 Å². The van der Waals surface area contributed by atoms with Gasteiger partial charge in [-0.2, -0.15) is 0 Å². The molecule has 16 heavy (non-hydrogen) atoms. The SMILES string of the molecule is Nc1cc(F)cc(CN2C(=O)CNC2=O)c1. The van der Waals surface area contributed by atoms with E-state index in [0.717, 1.165) is 4.90 Å². The van der Waals surface area contributed by atoms with Crippen LogP contribution in [0.15, 0.2) is 18.2 Å². The minimum absolute atomic E-state index is 0.0103. The number of amides is 3. The Morgan fingerprint density at radius 3 is 2.69 bits per heavy atom. The number of halogens is 1. The fourth-order valence-corrected chi connectivity index (χ4v) is 1.56. The number of rotatable bonds is 2. The fraction of sp³-hybridized carbons (Fsp3) is 0.200. The van der Waals surface area contributed by atoms with E-state index in [9.17, 15) is 14.0 Å². The van der Waals surface area contributed by atoms with Gasteiger partial charge in [0.2, 0.25) is 5.91 Å². The molecule has 1 aliphatic heterocycles. The van der Waals surface area contributed by atoms with Crippen molar-refractivity contribution in [3.05, 3.63) is 29.6 Å². The summed E-state index contributed by atoms with van der Waals surface area (Å²) in [6, 6.07) is 3.49. The summed E-state index contributed by atoms with van der Waals surface area (Å²) in [5, 5.41) is 2.38. The molecule has 1 heterocycles. The number of nitrogen functional groups attached to an aromatic ring is 1. The topological polar surface area (TPSA) is 75.4 Å². The van der Waals surface area contributed by atoms with Crippen molar-refractivity contribution in [3.63, 3.8) is 0 Å². The van der Waals surface area contributed by atoms with Crippen LogP contribution < -0.4 is 11.1 Å². The van der Waals surface area contributed by atoms with Gasteiger partial charge in [0, 0.05) is 5.69 Å². The second-order valence-corrected chi connectivity index (χ2v) is 3.53. The molecule has 1 saturated heterocycles. The van der Waals surface area contributed by atoms with Crippen molar-refractivity contribution in [2.75, 3.05) is 12.3 Å². The summed E-state index contributed by atoms with van der Waals surface area (Å²) in [6.45, 7) is 0.0241. The average molecular weight is 223 g/mol. The molecule has 3 N–H and O–H groups in total. The first-order chi connectivity index (χ1) is 7.56. The minimum Gasteiger partial charge on any atom is -0.399 e. The van der Waals surface area contributed by atoms with E-state index in [2.05, 4.69) is 5.32 Å². The lowest BCUT2D eigenvalue weighted by Gasteiger charge is -2.12. The van der Waals surface area contributed by atoms with Crippen molar-refractivity contribution in [2.45, 2.75) is 6.54 Å². The Morgan fingerprint density at radius 1 is 1.38 bits per heavy atom. The van der Waals surface area contributed by atoms with Crippen LogP contribution in [0.1, 0.15) is 5.56 Å². The van der Waals surface area contributed by atoms with E-state index >= 15 is 0 Å². The first-order valence-corrected chi connectivity index (χ1v) is 4.69. The van der Waals surface area contributed by atoms with Gasteiger partial charge >= 0.3 is 6.03 Å². The Hall–Kier alpha value is -2.11. The third kappa shape index (κ3) is 1.95. The lowest BCUT2D eigenvalue weighted by molar-refractivity contribution is -0.125. The first kappa shape index (κ1) is 10.4. The number of nitrogens with one attached hydrogen (secondary N) is 1. The van der Waals surface area contributed by atoms with E-state index < -0.39 is 11.8 Å². The Morgan fingerprint density at radius 2 is 2.12 bits per heavy atom. The van der Waals surface area contributed by atoms with Crippen LogP contribution in [0.3, 0.4) is 0 Å². The molecule has 1 aromatic carbocycles. The molecule has 0 unspecified atom stereocenters. The zero-order valence-corrected chi connectivity index (χ0v) is 8.37. The van der Waals surface area contributed by atoms with Gasteiger partial charge in [0.25, 0.3) is 0 Å². The van der Waals surface area contributed by atoms with E-state index in [-0.39, 0.29) is 24.7 Å². The summed E-state index contributed by atoms with van der Waals surface area (Å²) in [5.41, 5.74) is 6.21. The zero-order chi connectivity index (χ0) is 11.7. The molecule has 0 radical (unpaired) electrons. The van der Waals surface area contributed by atoms with Gasteiger partial charge in [-0.1, -0.05) is 0 Å². The fourth-order valence-electron chi connectivity index (χ4n) is 1.56. The van der Waals surface area contributed by atoms with Gasteiger partial charge in [-0.15, -0.1) is 0 Å². The van der Waals surface area contributed by atoms with E-state index in [4.69, 9.17) is 5.73 Å². The summed E-state index contributed by atoms with van der Waals surface area (Å²) in [6.07, 6.45) is 0. The van der Waals surface area contributed by atoms with E-state index in [1.807, 2.05) is 0 Å². The van der Waals surface area contributed by atoms with Crippen molar-refractivity contribution in [1.82, 2.24) is 10.2 Å². The number of carbonyl (C=O) groups excluding carboxylic acids is 2. The average Bonchev–Trinajstić information content (AvgIpc) is 2.48. The number of urea groups is 1. The summed E-state index contributed by atoms with van der Waals surface area (Å²) in [7, 11) is 0. The Balaban J connectivity index is 2.20. The third-order valence-electron chi connectivity index (χ3n) is 2.26. The van der Waals surface area contributed by atoms with Gasteiger partial charge in [-0.05, 0) is 23.8 Å². The molecule has 1 aromatic rings. The molecular weight excluding hydrogens is 213 g/mol.